The monoisotopic (exact) mass is 446 g/mol. The van der Waals surface area contributed by atoms with Crippen LogP contribution < -0.4 is 9.47 Å². The van der Waals surface area contributed by atoms with E-state index in [1.54, 1.807) is 14.2 Å². The number of ether oxygens (including phenoxy) is 4. The number of carbonyl (C=O) groups is 1. The Kier molecular flexibility index (Phi) is 7.58. The number of benzene rings is 1. The standard InChI is InChI=1S/C23H30N2O5S/c1-27-18-6-5-17(16-19(18)28-2)21(24-7-11-29-12-8-24)22(25-9-13-30-14-10-25)23(26)20-4-3-15-31-20/h3-6,15-16,21-22H,7-14H2,1-2H3/t21-,22-/m1/s1. The number of Topliss-reactive ketones (excluding diaryl/α,β-unsaturated/α-hetero) is 1. The van der Waals surface area contributed by atoms with Crippen LogP contribution in [0.15, 0.2) is 35.7 Å². The van der Waals surface area contributed by atoms with Crippen LogP contribution in [0.2, 0.25) is 0 Å². The van der Waals surface area contributed by atoms with Gasteiger partial charge in [0.1, 0.15) is 0 Å². The van der Waals surface area contributed by atoms with Crippen LogP contribution in [0, 0.1) is 0 Å². The first-order valence-corrected chi connectivity index (χ1v) is 11.5. The van der Waals surface area contributed by atoms with Crippen LogP contribution in [-0.4, -0.2) is 88.5 Å². The van der Waals surface area contributed by atoms with Gasteiger partial charge in [0.15, 0.2) is 17.3 Å². The topological polar surface area (TPSA) is 60.5 Å². The molecule has 0 radical (unpaired) electrons. The Bertz CT molecular complexity index is 848. The van der Waals surface area contributed by atoms with E-state index in [4.69, 9.17) is 18.9 Å². The number of ketones is 1. The average molecular weight is 447 g/mol. The highest BCUT2D eigenvalue weighted by molar-refractivity contribution is 7.12. The highest BCUT2D eigenvalue weighted by atomic mass is 32.1. The Morgan fingerprint density at radius 3 is 2.16 bits per heavy atom. The molecule has 1 aromatic heterocycles. The molecule has 7 nitrogen and oxygen atoms in total. The fraction of sp³-hybridized carbons (Fsp3) is 0.522. The lowest BCUT2D eigenvalue weighted by Crippen LogP contribution is -2.55. The quantitative estimate of drug-likeness (QED) is 0.578. The van der Waals surface area contributed by atoms with E-state index in [1.807, 2.05) is 29.6 Å². The van der Waals surface area contributed by atoms with Gasteiger partial charge in [-0.05, 0) is 29.1 Å². The fourth-order valence-corrected chi connectivity index (χ4v) is 5.11. The van der Waals surface area contributed by atoms with Crippen molar-refractivity contribution in [2.24, 2.45) is 0 Å². The number of methoxy groups -OCH3 is 2. The van der Waals surface area contributed by atoms with Crippen molar-refractivity contribution in [3.8, 4) is 11.5 Å². The van der Waals surface area contributed by atoms with Crippen molar-refractivity contribution < 1.29 is 23.7 Å². The number of morpholine rings is 2. The van der Waals surface area contributed by atoms with Gasteiger partial charge in [0.2, 0.25) is 0 Å². The normalized spacial score (nSPS) is 20.2. The van der Waals surface area contributed by atoms with Crippen molar-refractivity contribution in [3.05, 3.63) is 46.2 Å². The average Bonchev–Trinajstić information content (AvgIpc) is 3.38. The lowest BCUT2D eigenvalue weighted by molar-refractivity contribution is -0.0301. The molecule has 0 saturated carbocycles. The van der Waals surface area contributed by atoms with Crippen molar-refractivity contribution in [2.45, 2.75) is 12.1 Å². The first-order chi connectivity index (χ1) is 15.2. The van der Waals surface area contributed by atoms with Crippen LogP contribution >= 0.6 is 11.3 Å². The zero-order chi connectivity index (χ0) is 21.6. The molecular formula is C23H30N2O5S. The van der Waals surface area contributed by atoms with Crippen molar-refractivity contribution in [1.29, 1.82) is 0 Å². The molecule has 0 bridgehead atoms. The molecule has 0 N–H and O–H groups in total. The van der Waals surface area contributed by atoms with Gasteiger partial charge in [0, 0.05) is 26.2 Å². The molecule has 0 unspecified atom stereocenters. The number of nitrogens with zero attached hydrogens (tertiary/aromatic N) is 2. The van der Waals surface area contributed by atoms with Crippen LogP contribution in [0.4, 0.5) is 0 Å². The van der Waals surface area contributed by atoms with Gasteiger partial charge < -0.3 is 18.9 Å². The summed E-state index contributed by atoms with van der Waals surface area (Å²) in [6.07, 6.45) is 0. The lowest BCUT2D eigenvalue weighted by Gasteiger charge is -2.44. The van der Waals surface area contributed by atoms with Gasteiger partial charge in [0.25, 0.3) is 0 Å². The Hall–Kier alpha value is -1.97. The summed E-state index contributed by atoms with van der Waals surface area (Å²) in [5.74, 6) is 1.50. The van der Waals surface area contributed by atoms with Gasteiger partial charge >= 0.3 is 0 Å². The minimum absolute atomic E-state index is 0.128. The summed E-state index contributed by atoms with van der Waals surface area (Å²) in [6.45, 7) is 5.60. The third kappa shape index (κ3) is 4.94. The molecule has 2 aliphatic heterocycles. The molecule has 8 heteroatoms. The summed E-state index contributed by atoms with van der Waals surface area (Å²) in [7, 11) is 3.27. The van der Waals surface area contributed by atoms with Gasteiger partial charge in [-0.25, -0.2) is 0 Å². The largest absolute Gasteiger partial charge is 0.493 e. The van der Waals surface area contributed by atoms with E-state index >= 15 is 0 Å². The summed E-state index contributed by atoms with van der Waals surface area (Å²) in [5.41, 5.74) is 1.04. The van der Waals surface area contributed by atoms with Crippen LogP contribution in [-0.2, 0) is 9.47 Å². The molecule has 3 heterocycles. The van der Waals surface area contributed by atoms with E-state index in [1.165, 1.54) is 11.3 Å². The van der Waals surface area contributed by atoms with Crippen LogP contribution in [0.1, 0.15) is 21.3 Å². The van der Waals surface area contributed by atoms with Crippen molar-refractivity contribution in [1.82, 2.24) is 9.80 Å². The predicted molar refractivity (Wildman–Crippen MR) is 120 cm³/mol. The number of thiophene rings is 1. The van der Waals surface area contributed by atoms with Crippen molar-refractivity contribution in [2.75, 3.05) is 66.8 Å². The second-order valence-corrected chi connectivity index (χ2v) is 8.59. The molecule has 0 amide bonds. The Labute approximate surface area is 187 Å². The maximum absolute atomic E-state index is 13.9. The molecule has 4 rings (SSSR count). The highest BCUT2D eigenvalue weighted by Gasteiger charge is 2.40. The van der Waals surface area contributed by atoms with Gasteiger partial charge in [-0.1, -0.05) is 12.1 Å². The van der Waals surface area contributed by atoms with E-state index in [0.717, 1.165) is 36.6 Å². The number of rotatable bonds is 8. The third-order valence-electron chi connectivity index (χ3n) is 5.96. The highest BCUT2D eigenvalue weighted by Crippen LogP contribution is 2.37. The zero-order valence-electron chi connectivity index (χ0n) is 18.1. The van der Waals surface area contributed by atoms with Gasteiger partial charge in [-0.2, -0.15) is 0 Å². The summed E-state index contributed by atoms with van der Waals surface area (Å²) in [6, 6.07) is 9.40. The molecule has 168 valence electrons. The molecular weight excluding hydrogens is 416 g/mol. The lowest BCUT2D eigenvalue weighted by atomic mass is 9.91. The minimum Gasteiger partial charge on any atom is -0.493 e. The summed E-state index contributed by atoms with van der Waals surface area (Å²) >= 11 is 1.50. The van der Waals surface area contributed by atoms with E-state index in [0.29, 0.717) is 37.9 Å². The minimum atomic E-state index is -0.321. The SMILES string of the molecule is COc1ccc([C@H]([C@H](C(=O)c2cccs2)N2CCOCC2)N2CCOCC2)cc1OC. The van der Waals surface area contributed by atoms with Crippen molar-refractivity contribution in [3.63, 3.8) is 0 Å². The summed E-state index contributed by atoms with van der Waals surface area (Å²) in [5, 5.41) is 1.96. The maximum atomic E-state index is 13.9. The van der Waals surface area contributed by atoms with Gasteiger partial charge in [-0.3, -0.25) is 14.6 Å². The second kappa shape index (κ2) is 10.6. The van der Waals surface area contributed by atoms with Crippen LogP contribution in [0.25, 0.3) is 0 Å². The van der Waals surface area contributed by atoms with Crippen molar-refractivity contribution >= 4 is 17.1 Å². The molecule has 2 atom stereocenters. The Balaban J connectivity index is 1.78. The molecule has 1 aromatic carbocycles. The molecule has 0 aliphatic carbocycles. The molecule has 2 aromatic rings. The predicted octanol–water partition coefficient (Wildman–Crippen LogP) is 2.72. The first kappa shape index (κ1) is 22.2. The first-order valence-electron chi connectivity index (χ1n) is 10.7. The van der Waals surface area contributed by atoms with E-state index in [-0.39, 0.29) is 17.9 Å². The summed E-state index contributed by atoms with van der Waals surface area (Å²) in [4.78, 5) is 19.3. The Morgan fingerprint density at radius 1 is 0.935 bits per heavy atom. The fourth-order valence-electron chi connectivity index (χ4n) is 4.41. The number of hydrogen-bond donors (Lipinski definition) is 0. The third-order valence-corrected chi connectivity index (χ3v) is 6.84. The molecule has 31 heavy (non-hydrogen) atoms. The van der Waals surface area contributed by atoms with Crippen LogP contribution in [0.3, 0.4) is 0 Å². The number of hydrogen-bond acceptors (Lipinski definition) is 8. The van der Waals surface area contributed by atoms with E-state index in [2.05, 4.69) is 15.9 Å². The zero-order valence-corrected chi connectivity index (χ0v) is 18.9. The van der Waals surface area contributed by atoms with Gasteiger partial charge in [-0.15, -0.1) is 11.3 Å². The smallest absolute Gasteiger partial charge is 0.191 e. The molecule has 0 spiro atoms. The summed E-state index contributed by atoms with van der Waals surface area (Å²) < 4.78 is 22.3. The molecule has 2 saturated heterocycles. The molecule has 2 fully saturated rings. The number of carbonyl (C=O) groups excluding carboxylic acids is 1. The van der Waals surface area contributed by atoms with Gasteiger partial charge in [0.05, 0.1) is 57.6 Å². The van der Waals surface area contributed by atoms with E-state index < -0.39 is 0 Å². The van der Waals surface area contributed by atoms with Crippen LogP contribution in [0.5, 0.6) is 11.5 Å². The molecule has 2 aliphatic rings. The maximum Gasteiger partial charge on any atom is 0.191 e. The van der Waals surface area contributed by atoms with E-state index in [9.17, 15) is 4.79 Å². The Morgan fingerprint density at radius 2 is 1.58 bits per heavy atom. The second-order valence-electron chi connectivity index (χ2n) is 7.64.